The van der Waals surface area contributed by atoms with E-state index in [-0.39, 0.29) is 5.56 Å². The maximum atomic E-state index is 14.2. The van der Waals surface area contributed by atoms with Crippen molar-refractivity contribution in [2.45, 2.75) is 6.92 Å². The second-order valence-corrected chi connectivity index (χ2v) is 6.43. The quantitative estimate of drug-likeness (QED) is 0.699. The van der Waals surface area contributed by atoms with Crippen LogP contribution in [0.2, 0.25) is 0 Å². The van der Waals surface area contributed by atoms with E-state index in [1.807, 2.05) is 6.92 Å². The lowest BCUT2D eigenvalue weighted by Crippen LogP contribution is -2.22. The van der Waals surface area contributed by atoms with Gasteiger partial charge in [0, 0.05) is 37.6 Å². The Morgan fingerprint density at radius 1 is 1.11 bits per heavy atom. The van der Waals surface area contributed by atoms with E-state index in [0.717, 1.165) is 11.3 Å². The lowest BCUT2D eigenvalue weighted by Gasteiger charge is -2.13. The summed E-state index contributed by atoms with van der Waals surface area (Å²) in [4.78, 5) is 21.9. The fourth-order valence-corrected chi connectivity index (χ4v) is 2.68. The van der Waals surface area contributed by atoms with E-state index < -0.39 is 11.7 Å². The highest BCUT2D eigenvalue weighted by atomic mass is 19.1. The van der Waals surface area contributed by atoms with Crippen molar-refractivity contribution < 1.29 is 9.18 Å². The number of nitrogens with two attached hydrogens (primary N) is 1. The van der Waals surface area contributed by atoms with Crippen molar-refractivity contribution in [1.82, 2.24) is 14.9 Å². The first-order valence-electron chi connectivity index (χ1n) is 8.57. The minimum Gasteiger partial charge on any atom is -0.384 e. The summed E-state index contributed by atoms with van der Waals surface area (Å²) >= 11 is 0. The van der Waals surface area contributed by atoms with Crippen LogP contribution in [0, 0.1) is 24.6 Å². The standard InChI is InChI=1S/C22H19FN4O/c1-14-17(7-4-15-5-9-21(24)26-13-15)18(10-11-25-14)16-6-8-20(23)19(12-16)22(28)27(2)3/h5-6,8-13H,1-3H3,(H2,24,26). The molecule has 0 aliphatic heterocycles. The number of nitrogen functional groups attached to an aromatic ring is 1. The second kappa shape index (κ2) is 7.89. The van der Waals surface area contributed by atoms with Gasteiger partial charge in [-0.2, -0.15) is 0 Å². The molecule has 1 amide bonds. The zero-order valence-electron chi connectivity index (χ0n) is 15.8. The van der Waals surface area contributed by atoms with Gasteiger partial charge < -0.3 is 10.6 Å². The summed E-state index contributed by atoms with van der Waals surface area (Å²) < 4.78 is 14.2. The molecule has 0 saturated carbocycles. The Labute approximate surface area is 163 Å². The van der Waals surface area contributed by atoms with E-state index >= 15 is 0 Å². The number of hydrogen-bond acceptors (Lipinski definition) is 4. The van der Waals surface area contributed by atoms with E-state index in [1.54, 1.807) is 56.8 Å². The fourth-order valence-electron chi connectivity index (χ4n) is 2.68. The first kappa shape index (κ1) is 19.1. The number of carbonyl (C=O) groups excluding carboxylic acids is 1. The number of benzene rings is 1. The number of anilines is 1. The van der Waals surface area contributed by atoms with Crippen molar-refractivity contribution in [3.8, 4) is 23.0 Å². The maximum Gasteiger partial charge on any atom is 0.256 e. The SMILES string of the molecule is Cc1nccc(-c2ccc(F)c(C(=O)N(C)C)c2)c1C#Cc1ccc(N)nc1. The van der Waals surface area contributed by atoms with Crippen LogP contribution in [0.25, 0.3) is 11.1 Å². The van der Waals surface area contributed by atoms with Crippen LogP contribution in [0.4, 0.5) is 10.2 Å². The number of rotatable bonds is 2. The molecule has 1 aromatic carbocycles. The number of aryl methyl sites for hydroxylation is 1. The van der Waals surface area contributed by atoms with Gasteiger partial charge in [0.05, 0.1) is 16.8 Å². The highest BCUT2D eigenvalue weighted by molar-refractivity contribution is 5.95. The molecule has 0 saturated heterocycles. The number of halogens is 1. The van der Waals surface area contributed by atoms with Crippen LogP contribution >= 0.6 is 0 Å². The van der Waals surface area contributed by atoms with Gasteiger partial charge in [0.15, 0.2) is 0 Å². The summed E-state index contributed by atoms with van der Waals surface area (Å²) in [5.41, 5.74) is 9.23. The Morgan fingerprint density at radius 3 is 2.57 bits per heavy atom. The number of hydrogen-bond donors (Lipinski definition) is 1. The minimum absolute atomic E-state index is 0.0126. The van der Waals surface area contributed by atoms with Gasteiger partial charge in [-0.25, -0.2) is 9.37 Å². The zero-order valence-corrected chi connectivity index (χ0v) is 15.8. The first-order chi connectivity index (χ1) is 13.4. The van der Waals surface area contributed by atoms with Crippen LogP contribution < -0.4 is 5.73 Å². The summed E-state index contributed by atoms with van der Waals surface area (Å²) in [5.74, 6) is 5.63. The number of carbonyl (C=O) groups is 1. The Morgan fingerprint density at radius 2 is 1.89 bits per heavy atom. The van der Waals surface area contributed by atoms with Crippen LogP contribution in [0.5, 0.6) is 0 Å². The molecule has 3 rings (SSSR count). The third-order valence-corrected chi connectivity index (χ3v) is 4.17. The average Bonchev–Trinajstić information content (AvgIpc) is 2.68. The largest absolute Gasteiger partial charge is 0.384 e. The number of aromatic nitrogens is 2. The Bertz CT molecular complexity index is 1100. The van der Waals surface area contributed by atoms with Crippen LogP contribution in [0.1, 0.15) is 27.2 Å². The summed E-state index contributed by atoms with van der Waals surface area (Å²) in [6.07, 6.45) is 3.26. The van der Waals surface area contributed by atoms with Crippen molar-refractivity contribution >= 4 is 11.7 Å². The molecule has 28 heavy (non-hydrogen) atoms. The van der Waals surface area contributed by atoms with Crippen LogP contribution in [-0.4, -0.2) is 34.9 Å². The molecule has 2 heterocycles. The second-order valence-electron chi connectivity index (χ2n) is 6.43. The summed E-state index contributed by atoms with van der Waals surface area (Å²) in [6.45, 7) is 1.85. The molecule has 0 unspecified atom stereocenters. The highest BCUT2D eigenvalue weighted by Gasteiger charge is 2.16. The zero-order chi connectivity index (χ0) is 20.3. The molecule has 2 N–H and O–H groups in total. The molecular formula is C22H19FN4O. The summed E-state index contributed by atoms with van der Waals surface area (Å²) in [7, 11) is 3.17. The molecule has 0 spiro atoms. The van der Waals surface area contributed by atoms with Gasteiger partial charge in [-0.05, 0) is 42.8 Å². The maximum absolute atomic E-state index is 14.2. The molecule has 2 aromatic heterocycles. The number of pyridine rings is 2. The van der Waals surface area contributed by atoms with Gasteiger partial charge >= 0.3 is 0 Å². The number of amides is 1. The Hall–Kier alpha value is -3.72. The molecule has 5 nitrogen and oxygen atoms in total. The van der Waals surface area contributed by atoms with Crippen molar-refractivity contribution in [2.24, 2.45) is 0 Å². The molecule has 0 fully saturated rings. The number of nitrogens with zero attached hydrogens (tertiary/aromatic N) is 3. The first-order valence-corrected chi connectivity index (χ1v) is 8.57. The minimum atomic E-state index is -0.561. The van der Waals surface area contributed by atoms with E-state index in [2.05, 4.69) is 21.8 Å². The highest BCUT2D eigenvalue weighted by Crippen LogP contribution is 2.27. The van der Waals surface area contributed by atoms with Gasteiger partial charge in [0.1, 0.15) is 11.6 Å². The van der Waals surface area contributed by atoms with Crippen LogP contribution in [-0.2, 0) is 0 Å². The Kier molecular flexibility index (Phi) is 5.37. The van der Waals surface area contributed by atoms with Gasteiger partial charge in [0.25, 0.3) is 5.91 Å². The third-order valence-electron chi connectivity index (χ3n) is 4.17. The Balaban J connectivity index is 2.10. The topological polar surface area (TPSA) is 72.1 Å². The summed E-state index contributed by atoms with van der Waals surface area (Å²) in [6, 6.07) is 9.74. The van der Waals surface area contributed by atoms with Crippen molar-refractivity contribution in [3.63, 3.8) is 0 Å². The predicted molar refractivity (Wildman–Crippen MR) is 107 cm³/mol. The fraction of sp³-hybridized carbons (Fsp3) is 0.136. The molecular weight excluding hydrogens is 355 g/mol. The van der Waals surface area contributed by atoms with Gasteiger partial charge in [0.2, 0.25) is 0 Å². The smallest absolute Gasteiger partial charge is 0.256 e. The molecule has 0 atom stereocenters. The predicted octanol–water partition coefficient (Wildman–Crippen LogP) is 3.27. The van der Waals surface area contributed by atoms with Crippen molar-refractivity contribution in [2.75, 3.05) is 19.8 Å². The molecule has 0 aliphatic carbocycles. The molecule has 3 aromatic rings. The molecule has 6 heteroatoms. The van der Waals surface area contributed by atoms with E-state index in [4.69, 9.17) is 5.73 Å². The van der Waals surface area contributed by atoms with E-state index in [0.29, 0.717) is 22.5 Å². The van der Waals surface area contributed by atoms with Gasteiger partial charge in [-0.15, -0.1) is 0 Å². The molecule has 0 bridgehead atoms. The average molecular weight is 374 g/mol. The molecule has 0 radical (unpaired) electrons. The monoisotopic (exact) mass is 374 g/mol. The molecule has 140 valence electrons. The lowest BCUT2D eigenvalue weighted by molar-refractivity contribution is 0.0823. The van der Waals surface area contributed by atoms with E-state index in [9.17, 15) is 9.18 Å². The third kappa shape index (κ3) is 3.99. The van der Waals surface area contributed by atoms with Crippen LogP contribution in [0.15, 0.2) is 48.8 Å². The lowest BCUT2D eigenvalue weighted by atomic mass is 9.97. The molecule has 0 aliphatic rings. The summed E-state index contributed by atoms with van der Waals surface area (Å²) in [5, 5.41) is 0. The van der Waals surface area contributed by atoms with Gasteiger partial charge in [-0.3, -0.25) is 9.78 Å². The van der Waals surface area contributed by atoms with Crippen LogP contribution in [0.3, 0.4) is 0 Å². The van der Waals surface area contributed by atoms with E-state index in [1.165, 1.54) is 11.0 Å². The van der Waals surface area contributed by atoms with Crippen molar-refractivity contribution in [1.29, 1.82) is 0 Å². The van der Waals surface area contributed by atoms with Crippen molar-refractivity contribution in [3.05, 3.63) is 77.0 Å². The normalized spacial score (nSPS) is 10.1. The van der Waals surface area contributed by atoms with Gasteiger partial charge in [-0.1, -0.05) is 17.9 Å².